The second-order valence-electron chi connectivity index (χ2n) is 10.9. The Morgan fingerprint density at radius 3 is 2.29 bits per heavy atom. The summed E-state index contributed by atoms with van der Waals surface area (Å²) in [5.74, 6) is -0.112. The summed E-state index contributed by atoms with van der Waals surface area (Å²) in [6.45, 7) is 3.68. The topological polar surface area (TPSA) is 65.5 Å². The van der Waals surface area contributed by atoms with E-state index in [1.807, 2.05) is 41.6 Å². The normalized spacial score (nSPS) is 20.3. The van der Waals surface area contributed by atoms with Crippen LogP contribution in [0.3, 0.4) is 0 Å². The first-order chi connectivity index (χ1) is 18.5. The molecule has 3 aromatic rings. The lowest BCUT2D eigenvalue weighted by Gasteiger charge is -2.47. The van der Waals surface area contributed by atoms with Crippen LogP contribution >= 0.6 is 11.6 Å². The van der Waals surface area contributed by atoms with Crippen LogP contribution in [0.5, 0.6) is 0 Å². The number of aryl methyl sites for hydroxylation is 1. The summed E-state index contributed by atoms with van der Waals surface area (Å²) in [7, 11) is 0. The molecule has 1 aromatic heterocycles. The molecule has 6 nitrogen and oxygen atoms in total. The summed E-state index contributed by atoms with van der Waals surface area (Å²) in [5.41, 5.74) is 4.89. The van der Waals surface area contributed by atoms with Gasteiger partial charge in [-0.15, -0.1) is 0 Å². The number of hydrogen-bond donors (Lipinski definition) is 1. The van der Waals surface area contributed by atoms with Gasteiger partial charge in [-0.1, -0.05) is 35.9 Å². The van der Waals surface area contributed by atoms with Crippen LogP contribution in [0.4, 0.5) is 5.69 Å². The Labute approximate surface area is 229 Å². The molecule has 196 valence electrons. The van der Waals surface area contributed by atoms with E-state index in [1.165, 1.54) is 5.69 Å². The Morgan fingerprint density at radius 1 is 0.868 bits per heavy atom. The van der Waals surface area contributed by atoms with E-state index >= 15 is 0 Å². The SMILES string of the molecule is O=C(N[C@H]1CCc2cccc(C(=O)N3CCC4(CC3)CCN(c3ccncc3)CC4)c21)c1ccccc1Cl. The molecule has 2 fully saturated rings. The second-order valence-corrected chi connectivity index (χ2v) is 11.3. The maximum Gasteiger partial charge on any atom is 0.254 e. The molecule has 0 radical (unpaired) electrons. The van der Waals surface area contributed by atoms with Gasteiger partial charge in [0, 0.05) is 49.8 Å². The van der Waals surface area contributed by atoms with E-state index < -0.39 is 0 Å². The number of amides is 2. The molecule has 1 spiro atoms. The first-order valence-corrected chi connectivity index (χ1v) is 14.0. The molecular weight excluding hydrogens is 496 g/mol. The highest BCUT2D eigenvalue weighted by molar-refractivity contribution is 6.33. The van der Waals surface area contributed by atoms with E-state index in [0.717, 1.165) is 81.4 Å². The zero-order valence-corrected chi connectivity index (χ0v) is 22.3. The van der Waals surface area contributed by atoms with Crippen LogP contribution in [0.1, 0.15) is 70.0 Å². The molecule has 6 rings (SSSR count). The Bertz CT molecular complexity index is 1330. The number of fused-ring (bicyclic) bond motifs is 1. The van der Waals surface area contributed by atoms with Gasteiger partial charge in [-0.3, -0.25) is 14.6 Å². The van der Waals surface area contributed by atoms with E-state index in [4.69, 9.17) is 11.6 Å². The largest absolute Gasteiger partial charge is 0.371 e. The smallest absolute Gasteiger partial charge is 0.254 e. The second kappa shape index (κ2) is 10.4. The minimum absolute atomic E-state index is 0.0878. The maximum absolute atomic E-state index is 13.8. The van der Waals surface area contributed by atoms with Crippen molar-refractivity contribution in [1.29, 1.82) is 0 Å². The highest BCUT2D eigenvalue weighted by atomic mass is 35.5. The monoisotopic (exact) mass is 528 g/mol. The molecule has 2 amide bonds. The number of rotatable bonds is 4. The van der Waals surface area contributed by atoms with Gasteiger partial charge in [-0.2, -0.15) is 0 Å². The van der Waals surface area contributed by atoms with E-state index in [-0.39, 0.29) is 17.9 Å². The number of pyridine rings is 1. The Hall–Kier alpha value is -3.38. The van der Waals surface area contributed by atoms with Gasteiger partial charge < -0.3 is 15.1 Å². The van der Waals surface area contributed by atoms with Gasteiger partial charge in [-0.25, -0.2) is 0 Å². The van der Waals surface area contributed by atoms with Crippen molar-refractivity contribution < 1.29 is 9.59 Å². The van der Waals surface area contributed by atoms with Crippen molar-refractivity contribution in [1.82, 2.24) is 15.2 Å². The van der Waals surface area contributed by atoms with Crippen molar-refractivity contribution in [2.45, 2.75) is 44.6 Å². The van der Waals surface area contributed by atoms with Crippen molar-refractivity contribution in [3.05, 3.63) is 94.3 Å². The predicted octanol–water partition coefficient (Wildman–Crippen LogP) is 5.68. The number of likely N-dealkylation sites (tertiary alicyclic amines) is 1. The fourth-order valence-corrected chi connectivity index (χ4v) is 6.77. The number of nitrogens with zero attached hydrogens (tertiary/aromatic N) is 3. The molecular formula is C31H33ClN4O2. The number of carbonyl (C=O) groups is 2. The summed E-state index contributed by atoms with van der Waals surface area (Å²) < 4.78 is 0. The summed E-state index contributed by atoms with van der Waals surface area (Å²) in [6.07, 6.45) is 9.76. The van der Waals surface area contributed by atoms with Crippen LogP contribution < -0.4 is 10.2 Å². The fraction of sp³-hybridized carbons (Fsp3) is 0.387. The molecule has 2 aliphatic heterocycles. The molecule has 1 aliphatic carbocycles. The molecule has 3 heterocycles. The lowest BCUT2D eigenvalue weighted by atomic mass is 9.71. The summed E-state index contributed by atoms with van der Waals surface area (Å²) in [6, 6.07) is 17.0. The van der Waals surface area contributed by atoms with Crippen molar-refractivity contribution in [3.8, 4) is 0 Å². The van der Waals surface area contributed by atoms with Gasteiger partial charge in [0.05, 0.1) is 16.6 Å². The van der Waals surface area contributed by atoms with E-state index in [0.29, 0.717) is 16.0 Å². The number of anilines is 1. The zero-order valence-electron chi connectivity index (χ0n) is 21.5. The molecule has 1 atom stereocenters. The molecule has 2 saturated heterocycles. The highest BCUT2D eigenvalue weighted by Gasteiger charge is 2.39. The van der Waals surface area contributed by atoms with Crippen LogP contribution in [0.25, 0.3) is 0 Å². The average molecular weight is 529 g/mol. The molecule has 38 heavy (non-hydrogen) atoms. The van der Waals surface area contributed by atoms with Gasteiger partial charge in [0.1, 0.15) is 0 Å². The fourth-order valence-electron chi connectivity index (χ4n) is 6.55. The number of nitrogens with one attached hydrogen (secondary N) is 1. The minimum atomic E-state index is -0.200. The average Bonchev–Trinajstić information content (AvgIpc) is 3.37. The molecule has 1 N–H and O–H groups in total. The van der Waals surface area contributed by atoms with Crippen molar-refractivity contribution >= 4 is 29.1 Å². The molecule has 0 unspecified atom stereocenters. The van der Waals surface area contributed by atoms with Crippen LogP contribution in [0.15, 0.2) is 67.0 Å². The summed E-state index contributed by atoms with van der Waals surface area (Å²) in [4.78, 5) is 35.4. The van der Waals surface area contributed by atoms with Crippen molar-refractivity contribution in [2.24, 2.45) is 5.41 Å². The Kier molecular flexibility index (Phi) is 6.83. The highest BCUT2D eigenvalue weighted by Crippen LogP contribution is 2.43. The maximum atomic E-state index is 13.8. The number of piperidine rings is 2. The van der Waals surface area contributed by atoms with Gasteiger partial charge in [-0.05, 0) is 85.4 Å². The standard InChI is InChI=1S/C31H33ClN4O2/c32-26-7-2-1-5-24(26)29(37)34-27-9-8-22-4-3-6-25(28(22)27)30(38)36-20-14-31(15-21-36)12-18-35(19-13-31)23-10-16-33-17-11-23/h1-7,10-11,16-17,27H,8-9,12-15,18-21H2,(H,34,37)/t27-/m0/s1. The Balaban J connectivity index is 1.12. The molecule has 7 heteroatoms. The first-order valence-electron chi connectivity index (χ1n) is 13.6. The molecule has 3 aliphatic rings. The molecule has 0 bridgehead atoms. The quantitative estimate of drug-likeness (QED) is 0.473. The van der Waals surface area contributed by atoms with Gasteiger partial charge in [0.2, 0.25) is 0 Å². The Morgan fingerprint density at radius 2 is 1.55 bits per heavy atom. The van der Waals surface area contributed by atoms with Crippen LogP contribution in [-0.4, -0.2) is 47.9 Å². The zero-order chi connectivity index (χ0) is 26.1. The van der Waals surface area contributed by atoms with Crippen LogP contribution in [0, 0.1) is 5.41 Å². The minimum Gasteiger partial charge on any atom is -0.371 e. The van der Waals surface area contributed by atoms with Crippen LogP contribution in [0.2, 0.25) is 5.02 Å². The van der Waals surface area contributed by atoms with E-state index in [9.17, 15) is 9.59 Å². The van der Waals surface area contributed by atoms with Gasteiger partial charge in [0.15, 0.2) is 0 Å². The summed E-state index contributed by atoms with van der Waals surface area (Å²) in [5, 5.41) is 3.58. The number of carbonyl (C=O) groups excluding carboxylic acids is 2. The molecule has 0 saturated carbocycles. The lowest BCUT2D eigenvalue weighted by molar-refractivity contribution is 0.0513. The lowest BCUT2D eigenvalue weighted by Crippen LogP contribution is -2.48. The number of halogens is 1. The number of benzene rings is 2. The van der Waals surface area contributed by atoms with Crippen LogP contribution in [-0.2, 0) is 6.42 Å². The third-order valence-electron chi connectivity index (χ3n) is 8.86. The number of hydrogen-bond acceptors (Lipinski definition) is 4. The van der Waals surface area contributed by atoms with Crippen molar-refractivity contribution in [3.63, 3.8) is 0 Å². The predicted molar refractivity (Wildman–Crippen MR) is 150 cm³/mol. The number of aromatic nitrogens is 1. The summed E-state index contributed by atoms with van der Waals surface area (Å²) >= 11 is 6.26. The van der Waals surface area contributed by atoms with E-state index in [1.54, 1.807) is 12.1 Å². The first kappa shape index (κ1) is 24.9. The van der Waals surface area contributed by atoms with E-state index in [2.05, 4.69) is 33.4 Å². The third-order valence-corrected chi connectivity index (χ3v) is 9.19. The molecule has 2 aromatic carbocycles. The van der Waals surface area contributed by atoms with Crippen molar-refractivity contribution in [2.75, 3.05) is 31.1 Å². The van der Waals surface area contributed by atoms with Gasteiger partial charge in [0.25, 0.3) is 11.8 Å². The van der Waals surface area contributed by atoms with Gasteiger partial charge >= 0.3 is 0 Å². The third kappa shape index (κ3) is 4.78.